The lowest BCUT2D eigenvalue weighted by Gasteiger charge is -2.06. The molecule has 6 heteroatoms. The van der Waals surface area contributed by atoms with Gasteiger partial charge in [-0.1, -0.05) is 29.4 Å². The van der Waals surface area contributed by atoms with Crippen molar-refractivity contribution in [1.82, 2.24) is 0 Å². The number of oxime groups is 1. The van der Waals surface area contributed by atoms with E-state index < -0.39 is 11.7 Å². The van der Waals surface area contributed by atoms with E-state index in [1.165, 1.54) is 42.6 Å². The van der Waals surface area contributed by atoms with Gasteiger partial charge in [0.1, 0.15) is 12.4 Å². The van der Waals surface area contributed by atoms with Crippen LogP contribution < -0.4 is 0 Å². The highest BCUT2D eigenvalue weighted by Gasteiger charge is 2.29. The van der Waals surface area contributed by atoms with Crippen molar-refractivity contribution in [2.24, 2.45) is 5.16 Å². The molecule has 2 aromatic rings. The second-order valence-corrected chi connectivity index (χ2v) is 4.25. The van der Waals surface area contributed by atoms with E-state index in [4.69, 9.17) is 4.84 Å². The summed E-state index contributed by atoms with van der Waals surface area (Å²) in [4.78, 5) is 4.97. The Bertz CT molecular complexity index is 603. The molecule has 0 unspecified atom stereocenters. The molecule has 0 saturated heterocycles. The van der Waals surface area contributed by atoms with Gasteiger partial charge in [-0.25, -0.2) is 4.39 Å². The highest BCUT2D eigenvalue weighted by atomic mass is 19.4. The van der Waals surface area contributed by atoms with Crippen LogP contribution in [0, 0.1) is 5.82 Å². The first kappa shape index (κ1) is 15.0. The predicted octanol–water partition coefficient (Wildman–Crippen LogP) is 4.40. The summed E-state index contributed by atoms with van der Waals surface area (Å²) < 4.78 is 49.7. The Labute approximate surface area is 118 Å². The van der Waals surface area contributed by atoms with Crippen molar-refractivity contribution in [3.8, 4) is 0 Å². The molecule has 0 radical (unpaired) electrons. The summed E-state index contributed by atoms with van der Waals surface area (Å²) in [7, 11) is 0. The molecular weight excluding hydrogens is 286 g/mol. The fraction of sp³-hybridized carbons (Fsp3) is 0.133. The van der Waals surface area contributed by atoms with Gasteiger partial charge >= 0.3 is 6.18 Å². The summed E-state index contributed by atoms with van der Waals surface area (Å²) >= 11 is 0. The third-order valence-electron chi connectivity index (χ3n) is 2.66. The average Bonchev–Trinajstić information content (AvgIpc) is 2.45. The molecule has 0 fully saturated rings. The third kappa shape index (κ3) is 4.59. The van der Waals surface area contributed by atoms with E-state index in [1.807, 2.05) is 0 Å². The third-order valence-corrected chi connectivity index (χ3v) is 2.66. The standard InChI is InChI=1S/C15H11F4NO/c16-14-7-3-11(4-8-14)9-20-21-10-12-1-5-13(6-2-12)15(17,18)19/h1-9H,10H2. The lowest BCUT2D eigenvalue weighted by molar-refractivity contribution is -0.137. The zero-order chi connectivity index (χ0) is 15.3. The Balaban J connectivity index is 1.87. The fourth-order valence-electron chi connectivity index (χ4n) is 1.55. The van der Waals surface area contributed by atoms with E-state index in [-0.39, 0.29) is 12.4 Å². The Kier molecular flexibility index (Phi) is 4.57. The molecule has 2 nitrogen and oxygen atoms in total. The van der Waals surface area contributed by atoms with Crippen molar-refractivity contribution in [3.63, 3.8) is 0 Å². The van der Waals surface area contributed by atoms with Crippen LogP contribution in [0.2, 0.25) is 0 Å². The highest BCUT2D eigenvalue weighted by Crippen LogP contribution is 2.29. The highest BCUT2D eigenvalue weighted by molar-refractivity contribution is 5.78. The Morgan fingerprint density at radius 2 is 1.57 bits per heavy atom. The van der Waals surface area contributed by atoms with Gasteiger partial charge in [-0.05, 0) is 35.4 Å². The van der Waals surface area contributed by atoms with Crippen LogP contribution in [0.4, 0.5) is 17.6 Å². The average molecular weight is 297 g/mol. The molecule has 110 valence electrons. The Hall–Kier alpha value is -2.37. The van der Waals surface area contributed by atoms with Crippen LogP contribution in [0.25, 0.3) is 0 Å². The summed E-state index contributed by atoms with van der Waals surface area (Å²) in [5, 5.41) is 3.67. The van der Waals surface area contributed by atoms with Crippen molar-refractivity contribution in [1.29, 1.82) is 0 Å². The van der Waals surface area contributed by atoms with Crippen molar-refractivity contribution in [3.05, 3.63) is 71.0 Å². The Morgan fingerprint density at radius 1 is 0.952 bits per heavy atom. The van der Waals surface area contributed by atoms with E-state index >= 15 is 0 Å². The maximum atomic E-state index is 12.7. The number of hydrogen-bond donors (Lipinski definition) is 0. The number of rotatable bonds is 4. The lowest BCUT2D eigenvalue weighted by atomic mass is 10.1. The van der Waals surface area contributed by atoms with Gasteiger partial charge in [-0.15, -0.1) is 0 Å². The number of hydrogen-bond acceptors (Lipinski definition) is 2. The Morgan fingerprint density at radius 3 is 2.14 bits per heavy atom. The predicted molar refractivity (Wildman–Crippen MR) is 70.2 cm³/mol. The van der Waals surface area contributed by atoms with Crippen LogP contribution in [0.3, 0.4) is 0 Å². The zero-order valence-electron chi connectivity index (χ0n) is 10.8. The van der Waals surface area contributed by atoms with E-state index in [1.54, 1.807) is 0 Å². The number of alkyl halides is 3. The molecule has 2 aromatic carbocycles. The summed E-state index contributed by atoms with van der Waals surface area (Å²) in [6.07, 6.45) is -2.95. The van der Waals surface area contributed by atoms with Gasteiger partial charge in [-0.2, -0.15) is 13.2 Å². The second-order valence-electron chi connectivity index (χ2n) is 4.25. The summed E-state index contributed by atoms with van der Waals surface area (Å²) in [6, 6.07) is 10.3. The van der Waals surface area contributed by atoms with Crippen LogP contribution in [-0.2, 0) is 17.6 Å². The van der Waals surface area contributed by atoms with E-state index in [9.17, 15) is 17.6 Å². The normalized spacial score (nSPS) is 11.8. The van der Waals surface area contributed by atoms with Crippen molar-refractivity contribution in [2.75, 3.05) is 0 Å². The molecule has 0 aromatic heterocycles. The van der Waals surface area contributed by atoms with Crippen molar-refractivity contribution < 1.29 is 22.4 Å². The van der Waals surface area contributed by atoms with Crippen molar-refractivity contribution >= 4 is 6.21 Å². The molecule has 0 aliphatic carbocycles. The van der Waals surface area contributed by atoms with Gasteiger partial charge in [0.15, 0.2) is 0 Å². The monoisotopic (exact) mass is 297 g/mol. The second kappa shape index (κ2) is 6.39. The van der Waals surface area contributed by atoms with E-state index in [0.717, 1.165) is 12.1 Å². The first-order valence-electron chi connectivity index (χ1n) is 6.02. The molecule has 0 spiro atoms. The molecule has 0 atom stereocenters. The first-order chi connectivity index (χ1) is 9.95. The van der Waals surface area contributed by atoms with E-state index in [0.29, 0.717) is 11.1 Å². The smallest absolute Gasteiger partial charge is 0.391 e. The minimum absolute atomic E-state index is 0.0514. The zero-order valence-corrected chi connectivity index (χ0v) is 10.8. The molecule has 0 amide bonds. The summed E-state index contributed by atoms with van der Waals surface area (Å²) in [5.41, 5.74) is 0.518. The number of benzene rings is 2. The van der Waals surface area contributed by atoms with Crippen LogP contribution in [0.5, 0.6) is 0 Å². The van der Waals surface area contributed by atoms with Gasteiger partial charge < -0.3 is 4.84 Å². The maximum absolute atomic E-state index is 12.7. The molecule has 0 saturated carbocycles. The summed E-state index contributed by atoms with van der Waals surface area (Å²) in [5.74, 6) is -0.349. The SMILES string of the molecule is Fc1ccc(C=NOCc2ccc(C(F)(F)F)cc2)cc1. The molecule has 2 rings (SSSR count). The van der Waals surface area contributed by atoms with Crippen LogP contribution in [0.15, 0.2) is 53.7 Å². The number of halogens is 4. The van der Waals surface area contributed by atoms with Crippen molar-refractivity contribution in [2.45, 2.75) is 12.8 Å². The maximum Gasteiger partial charge on any atom is 0.416 e. The fourth-order valence-corrected chi connectivity index (χ4v) is 1.55. The lowest BCUT2D eigenvalue weighted by Crippen LogP contribution is -2.04. The molecule has 0 bridgehead atoms. The molecule has 0 N–H and O–H groups in total. The molecule has 0 aliphatic heterocycles. The molecule has 21 heavy (non-hydrogen) atoms. The largest absolute Gasteiger partial charge is 0.416 e. The molecule has 0 aliphatic rings. The minimum Gasteiger partial charge on any atom is -0.391 e. The van der Waals surface area contributed by atoms with E-state index in [2.05, 4.69) is 5.16 Å². The molecule has 0 heterocycles. The van der Waals surface area contributed by atoms with Gasteiger partial charge in [0.05, 0.1) is 11.8 Å². The number of nitrogens with zero attached hydrogens (tertiary/aromatic N) is 1. The van der Waals surface area contributed by atoms with Gasteiger partial charge in [0.25, 0.3) is 0 Å². The van der Waals surface area contributed by atoms with Crippen LogP contribution in [-0.4, -0.2) is 6.21 Å². The van der Waals surface area contributed by atoms with Crippen LogP contribution >= 0.6 is 0 Å². The minimum atomic E-state index is -4.35. The summed E-state index contributed by atoms with van der Waals surface area (Å²) in [6.45, 7) is 0.0514. The van der Waals surface area contributed by atoms with Gasteiger partial charge in [-0.3, -0.25) is 0 Å². The van der Waals surface area contributed by atoms with Crippen LogP contribution in [0.1, 0.15) is 16.7 Å². The topological polar surface area (TPSA) is 21.6 Å². The first-order valence-corrected chi connectivity index (χ1v) is 6.02. The quantitative estimate of drug-likeness (QED) is 0.466. The van der Waals surface area contributed by atoms with Gasteiger partial charge in [0, 0.05) is 0 Å². The van der Waals surface area contributed by atoms with Gasteiger partial charge in [0.2, 0.25) is 0 Å². The molecular formula is C15H11F4NO.